The summed E-state index contributed by atoms with van der Waals surface area (Å²) >= 11 is 12.0. The first-order valence-corrected chi connectivity index (χ1v) is 10.5. The van der Waals surface area contributed by atoms with Gasteiger partial charge in [-0.3, -0.25) is 0 Å². The molecule has 0 saturated heterocycles. The number of carbonyl (C=O) groups is 2. The number of rotatable bonds is 6. The highest BCUT2D eigenvalue weighted by Crippen LogP contribution is 2.44. The van der Waals surface area contributed by atoms with Crippen LogP contribution >= 0.6 is 23.2 Å². The van der Waals surface area contributed by atoms with Gasteiger partial charge in [-0.1, -0.05) is 71.7 Å². The second kappa shape index (κ2) is 9.00. The van der Waals surface area contributed by atoms with E-state index in [1.54, 1.807) is 18.2 Å². The fraction of sp³-hybridized carbons (Fsp3) is 0.167. The highest BCUT2D eigenvalue weighted by molar-refractivity contribution is 6.34. The van der Waals surface area contributed by atoms with Crippen molar-refractivity contribution in [2.24, 2.45) is 0 Å². The van der Waals surface area contributed by atoms with Crippen molar-refractivity contribution in [3.05, 3.63) is 93.5 Å². The second-order valence-corrected chi connectivity index (χ2v) is 8.22. The summed E-state index contributed by atoms with van der Waals surface area (Å²) in [6.07, 6.45) is -0.762. The summed E-state index contributed by atoms with van der Waals surface area (Å²) in [5, 5.41) is 12.7. The molecule has 0 bridgehead atoms. The maximum Gasteiger partial charge on any atom is 0.407 e. The summed E-state index contributed by atoms with van der Waals surface area (Å²) in [7, 11) is 0. The number of fused-ring (bicyclic) bond motifs is 3. The van der Waals surface area contributed by atoms with E-state index in [-0.39, 0.29) is 18.9 Å². The van der Waals surface area contributed by atoms with Crippen LogP contribution in [0.15, 0.2) is 66.7 Å². The van der Waals surface area contributed by atoms with Crippen LogP contribution in [0.1, 0.15) is 22.6 Å². The number of carboxylic acid groups (broad SMARTS) is 1. The lowest BCUT2D eigenvalue weighted by molar-refractivity contribution is -0.139. The molecule has 7 heteroatoms. The topological polar surface area (TPSA) is 75.6 Å². The lowest BCUT2D eigenvalue weighted by atomic mass is 9.98. The van der Waals surface area contributed by atoms with E-state index in [0.29, 0.717) is 15.6 Å². The Bertz CT molecular complexity index is 1080. The molecule has 5 nitrogen and oxygen atoms in total. The van der Waals surface area contributed by atoms with Gasteiger partial charge in [-0.05, 0) is 46.0 Å². The molecule has 158 valence electrons. The number of carbonyl (C=O) groups excluding carboxylic acids is 1. The van der Waals surface area contributed by atoms with Crippen molar-refractivity contribution in [2.75, 3.05) is 6.61 Å². The third-order valence-corrected chi connectivity index (χ3v) is 5.73. The van der Waals surface area contributed by atoms with Crippen LogP contribution in [0, 0.1) is 0 Å². The molecular weight excluding hydrogens is 437 g/mol. The number of ether oxygens (including phenoxy) is 1. The predicted octanol–water partition coefficient (Wildman–Crippen LogP) is 5.53. The summed E-state index contributed by atoms with van der Waals surface area (Å²) in [5.41, 5.74) is 5.00. The van der Waals surface area contributed by atoms with Crippen LogP contribution in [-0.4, -0.2) is 29.8 Å². The fourth-order valence-electron chi connectivity index (χ4n) is 3.95. The van der Waals surface area contributed by atoms with E-state index in [9.17, 15) is 14.7 Å². The van der Waals surface area contributed by atoms with Gasteiger partial charge in [0.25, 0.3) is 0 Å². The van der Waals surface area contributed by atoms with Crippen molar-refractivity contribution in [1.29, 1.82) is 0 Å². The smallest absolute Gasteiger partial charge is 0.407 e. The number of hydrogen-bond donors (Lipinski definition) is 2. The third-order valence-electron chi connectivity index (χ3n) is 5.30. The van der Waals surface area contributed by atoms with Crippen molar-refractivity contribution >= 4 is 35.3 Å². The number of hydrogen-bond acceptors (Lipinski definition) is 3. The largest absolute Gasteiger partial charge is 0.480 e. The zero-order chi connectivity index (χ0) is 22.0. The number of carboxylic acids is 1. The van der Waals surface area contributed by atoms with Gasteiger partial charge in [0.15, 0.2) is 0 Å². The van der Waals surface area contributed by atoms with Crippen LogP contribution < -0.4 is 5.32 Å². The van der Waals surface area contributed by atoms with E-state index in [0.717, 1.165) is 22.3 Å². The predicted molar refractivity (Wildman–Crippen MR) is 120 cm³/mol. The highest BCUT2D eigenvalue weighted by Gasteiger charge is 2.29. The Morgan fingerprint density at radius 2 is 1.48 bits per heavy atom. The first kappa shape index (κ1) is 21.2. The van der Waals surface area contributed by atoms with Gasteiger partial charge in [-0.15, -0.1) is 0 Å². The van der Waals surface area contributed by atoms with Gasteiger partial charge >= 0.3 is 12.1 Å². The van der Waals surface area contributed by atoms with E-state index in [4.69, 9.17) is 27.9 Å². The molecule has 0 radical (unpaired) electrons. The van der Waals surface area contributed by atoms with Gasteiger partial charge in [-0.25, -0.2) is 9.59 Å². The molecular formula is C24H19Cl2NO4. The van der Waals surface area contributed by atoms with E-state index < -0.39 is 18.1 Å². The van der Waals surface area contributed by atoms with Crippen LogP contribution in [0.5, 0.6) is 0 Å². The average molecular weight is 456 g/mol. The monoisotopic (exact) mass is 455 g/mol. The molecule has 0 unspecified atom stereocenters. The van der Waals surface area contributed by atoms with Gasteiger partial charge in [0.05, 0.1) is 0 Å². The molecule has 0 heterocycles. The minimum Gasteiger partial charge on any atom is -0.480 e. The molecule has 0 saturated carbocycles. The standard InChI is InChI=1S/C24H19Cl2NO4/c25-15-9-14(10-16(26)12-15)11-22(23(28)29)27-24(30)31-13-21-19-7-3-1-5-17(19)18-6-2-4-8-20(18)21/h1-10,12,21-22H,11,13H2,(H,27,30)(H,28,29)/t22-/m0/s1. The van der Waals surface area contributed by atoms with Gasteiger partial charge in [-0.2, -0.15) is 0 Å². The molecule has 31 heavy (non-hydrogen) atoms. The first-order valence-electron chi connectivity index (χ1n) is 9.71. The van der Waals surface area contributed by atoms with Crippen LogP contribution in [0.25, 0.3) is 11.1 Å². The summed E-state index contributed by atoms with van der Waals surface area (Å²) < 4.78 is 5.44. The van der Waals surface area contributed by atoms with Gasteiger partial charge in [0, 0.05) is 22.4 Å². The zero-order valence-corrected chi connectivity index (χ0v) is 17.9. The first-order chi connectivity index (χ1) is 14.9. The van der Waals surface area contributed by atoms with Gasteiger partial charge < -0.3 is 15.2 Å². The third kappa shape index (κ3) is 4.68. The molecule has 3 aromatic rings. The summed E-state index contributed by atoms with van der Waals surface area (Å²) in [6.45, 7) is 0.106. The summed E-state index contributed by atoms with van der Waals surface area (Å²) in [5.74, 6) is -1.28. The Morgan fingerprint density at radius 1 is 0.935 bits per heavy atom. The Kier molecular flexibility index (Phi) is 6.16. The number of halogens is 2. The molecule has 1 atom stereocenters. The lowest BCUT2D eigenvalue weighted by Gasteiger charge is -2.17. The Balaban J connectivity index is 1.44. The minimum atomic E-state index is -1.18. The van der Waals surface area contributed by atoms with Crippen LogP contribution in [0.4, 0.5) is 4.79 Å². The molecule has 0 fully saturated rings. The van der Waals surface area contributed by atoms with E-state index in [2.05, 4.69) is 5.32 Å². The SMILES string of the molecule is O=C(N[C@@H](Cc1cc(Cl)cc(Cl)c1)C(=O)O)OCC1c2ccccc2-c2ccccc21. The molecule has 1 aliphatic carbocycles. The quantitative estimate of drug-likeness (QED) is 0.512. The van der Waals surface area contributed by atoms with E-state index in [1.165, 1.54) is 0 Å². The second-order valence-electron chi connectivity index (χ2n) is 7.34. The number of alkyl carbamates (subject to hydrolysis) is 1. The Hall–Kier alpha value is -3.02. The molecule has 4 rings (SSSR count). The average Bonchev–Trinajstić information content (AvgIpc) is 3.05. The normalized spacial score (nSPS) is 13.2. The van der Waals surface area contributed by atoms with Crippen molar-refractivity contribution in [2.45, 2.75) is 18.4 Å². The maximum absolute atomic E-state index is 12.4. The summed E-state index contributed by atoms with van der Waals surface area (Å²) in [4.78, 5) is 24.1. The molecule has 0 aliphatic heterocycles. The van der Waals surface area contributed by atoms with Crippen LogP contribution in [0.2, 0.25) is 10.0 Å². The molecule has 3 aromatic carbocycles. The summed E-state index contributed by atoms with van der Waals surface area (Å²) in [6, 6.07) is 19.6. The zero-order valence-electron chi connectivity index (χ0n) is 16.3. The lowest BCUT2D eigenvalue weighted by Crippen LogP contribution is -2.42. The van der Waals surface area contributed by atoms with Crippen molar-refractivity contribution in [3.8, 4) is 11.1 Å². The molecule has 0 aromatic heterocycles. The van der Waals surface area contributed by atoms with Gasteiger partial charge in [0.2, 0.25) is 0 Å². The van der Waals surface area contributed by atoms with Crippen molar-refractivity contribution < 1.29 is 19.4 Å². The maximum atomic E-state index is 12.4. The highest BCUT2D eigenvalue weighted by atomic mass is 35.5. The number of nitrogens with one attached hydrogen (secondary N) is 1. The Labute approximate surface area is 189 Å². The van der Waals surface area contributed by atoms with Gasteiger partial charge in [0.1, 0.15) is 12.6 Å². The molecule has 1 aliphatic rings. The van der Waals surface area contributed by atoms with Crippen LogP contribution in [-0.2, 0) is 16.0 Å². The van der Waals surface area contributed by atoms with Crippen LogP contribution in [0.3, 0.4) is 0 Å². The number of aliphatic carboxylic acids is 1. The minimum absolute atomic E-state index is 0.0276. The number of amides is 1. The molecule has 2 N–H and O–H groups in total. The molecule has 1 amide bonds. The number of benzene rings is 3. The molecule has 0 spiro atoms. The Morgan fingerprint density at radius 3 is 2.03 bits per heavy atom. The van der Waals surface area contributed by atoms with E-state index in [1.807, 2.05) is 48.5 Å². The fourth-order valence-corrected chi connectivity index (χ4v) is 4.52. The van der Waals surface area contributed by atoms with E-state index >= 15 is 0 Å². The van der Waals surface area contributed by atoms with Crippen molar-refractivity contribution in [1.82, 2.24) is 5.32 Å². The van der Waals surface area contributed by atoms with Crippen molar-refractivity contribution in [3.63, 3.8) is 0 Å².